The largest absolute Gasteiger partial charge is 0.207 e. The summed E-state index contributed by atoms with van der Waals surface area (Å²) in [5.74, 6) is -0.227. The Hall–Kier alpha value is -2.29. The van der Waals surface area contributed by atoms with Gasteiger partial charge in [-0.25, -0.2) is 4.39 Å². The standard InChI is InChI=1S/C18H19FN2/c1-3-4-15-7-9-16(10-8-15)12-20-21-13-17-6-5-14(2)18(19)11-17/h5-13H,3-4H2,1-2H3. The maximum Gasteiger partial charge on any atom is 0.126 e. The molecule has 0 N–H and O–H groups in total. The quantitative estimate of drug-likeness (QED) is 0.568. The van der Waals surface area contributed by atoms with E-state index in [4.69, 9.17) is 0 Å². The summed E-state index contributed by atoms with van der Waals surface area (Å²) in [6.07, 6.45) is 5.47. The molecule has 0 aliphatic heterocycles. The number of aryl methyl sites for hydroxylation is 2. The number of hydrogen-bond donors (Lipinski definition) is 0. The molecule has 0 fully saturated rings. The van der Waals surface area contributed by atoms with Gasteiger partial charge in [-0.15, -0.1) is 0 Å². The molecule has 108 valence electrons. The van der Waals surface area contributed by atoms with Gasteiger partial charge in [0.2, 0.25) is 0 Å². The van der Waals surface area contributed by atoms with Crippen molar-refractivity contribution in [2.75, 3.05) is 0 Å². The van der Waals surface area contributed by atoms with Gasteiger partial charge in [0.25, 0.3) is 0 Å². The van der Waals surface area contributed by atoms with Crippen LogP contribution in [-0.2, 0) is 6.42 Å². The molecule has 0 saturated heterocycles. The van der Waals surface area contributed by atoms with E-state index < -0.39 is 0 Å². The van der Waals surface area contributed by atoms with Gasteiger partial charge in [0.05, 0.1) is 12.4 Å². The monoisotopic (exact) mass is 282 g/mol. The smallest absolute Gasteiger partial charge is 0.126 e. The molecule has 0 bridgehead atoms. The van der Waals surface area contributed by atoms with Crippen molar-refractivity contribution in [1.82, 2.24) is 0 Å². The van der Waals surface area contributed by atoms with Crippen LogP contribution >= 0.6 is 0 Å². The van der Waals surface area contributed by atoms with Gasteiger partial charge in [0.15, 0.2) is 0 Å². The Morgan fingerprint density at radius 3 is 2.19 bits per heavy atom. The lowest BCUT2D eigenvalue weighted by molar-refractivity contribution is 0.618. The number of nitrogens with zero attached hydrogens (tertiary/aromatic N) is 2. The highest BCUT2D eigenvalue weighted by molar-refractivity contribution is 5.82. The average molecular weight is 282 g/mol. The first kappa shape index (κ1) is 15.1. The Morgan fingerprint density at radius 2 is 1.57 bits per heavy atom. The van der Waals surface area contributed by atoms with Crippen molar-refractivity contribution in [1.29, 1.82) is 0 Å². The van der Waals surface area contributed by atoms with E-state index in [0.29, 0.717) is 11.1 Å². The molecule has 0 amide bonds. The van der Waals surface area contributed by atoms with Crippen LogP contribution < -0.4 is 0 Å². The van der Waals surface area contributed by atoms with Crippen molar-refractivity contribution in [2.45, 2.75) is 26.7 Å². The van der Waals surface area contributed by atoms with Crippen molar-refractivity contribution in [3.05, 3.63) is 70.5 Å². The van der Waals surface area contributed by atoms with E-state index in [1.807, 2.05) is 18.2 Å². The van der Waals surface area contributed by atoms with E-state index in [-0.39, 0.29) is 5.82 Å². The van der Waals surface area contributed by atoms with Gasteiger partial charge >= 0.3 is 0 Å². The summed E-state index contributed by atoms with van der Waals surface area (Å²) in [7, 11) is 0. The molecule has 2 rings (SSSR count). The number of halogens is 1. The van der Waals surface area contributed by atoms with Crippen molar-refractivity contribution < 1.29 is 4.39 Å². The molecule has 3 heteroatoms. The topological polar surface area (TPSA) is 24.7 Å². The van der Waals surface area contributed by atoms with Crippen molar-refractivity contribution in [2.24, 2.45) is 10.2 Å². The van der Waals surface area contributed by atoms with Crippen molar-refractivity contribution in [3.8, 4) is 0 Å². The molecule has 0 atom stereocenters. The van der Waals surface area contributed by atoms with E-state index >= 15 is 0 Å². The van der Waals surface area contributed by atoms with Gasteiger partial charge in [-0.05, 0) is 41.7 Å². The van der Waals surface area contributed by atoms with Crippen LogP contribution in [0.5, 0.6) is 0 Å². The Bertz CT molecular complexity index is 643. The van der Waals surface area contributed by atoms with Crippen molar-refractivity contribution in [3.63, 3.8) is 0 Å². The van der Waals surface area contributed by atoms with E-state index in [2.05, 4.69) is 29.3 Å². The summed E-state index contributed by atoms with van der Waals surface area (Å²) in [6, 6.07) is 13.2. The zero-order valence-corrected chi connectivity index (χ0v) is 12.4. The van der Waals surface area contributed by atoms with E-state index in [1.165, 1.54) is 11.6 Å². The fourth-order valence-corrected chi connectivity index (χ4v) is 1.95. The minimum absolute atomic E-state index is 0.227. The number of hydrogen-bond acceptors (Lipinski definition) is 2. The first-order valence-electron chi connectivity index (χ1n) is 7.10. The Kier molecular flexibility index (Phi) is 5.38. The summed E-state index contributed by atoms with van der Waals surface area (Å²) in [5, 5.41) is 7.93. The molecule has 0 radical (unpaired) electrons. The predicted molar refractivity (Wildman–Crippen MR) is 86.8 cm³/mol. The third-order valence-electron chi connectivity index (χ3n) is 3.19. The van der Waals surface area contributed by atoms with Crippen molar-refractivity contribution >= 4 is 12.4 Å². The molecule has 0 heterocycles. The molecule has 0 aliphatic carbocycles. The summed E-state index contributed by atoms with van der Waals surface area (Å²) < 4.78 is 13.4. The highest BCUT2D eigenvalue weighted by atomic mass is 19.1. The second-order valence-electron chi connectivity index (χ2n) is 4.99. The van der Waals surface area contributed by atoms with Crippen LogP contribution in [0.2, 0.25) is 0 Å². The SMILES string of the molecule is CCCc1ccc(C=NN=Cc2ccc(C)c(F)c2)cc1. The number of benzene rings is 2. The molecule has 2 aromatic carbocycles. The molecule has 0 unspecified atom stereocenters. The lowest BCUT2D eigenvalue weighted by atomic mass is 10.1. The highest BCUT2D eigenvalue weighted by Gasteiger charge is 1.96. The van der Waals surface area contributed by atoms with E-state index in [0.717, 1.165) is 18.4 Å². The van der Waals surface area contributed by atoms with Gasteiger partial charge in [0.1, 0.15) is 5.82 Å². The zero-order chi connectivity index (χ0) is 15.1. The lowest BCUT2D eigenvalue weighted by Gasteiger charge is -1.98. The fourth-order valence-electron chi connectivity index (χ4n) is 1.95. The molecule has 0 aromatic heterocycles. The molecule has 21 heavy (non-hydrogen) atoms. The number of rotatable bonds is 5. The van der Waals surface area contributed by atoms with Crippen LogP contribution in [0, 0.1) is 12.7 Å². The Balaban J connectivity index is 1.97. The lowest BCUT2D eigenvalue weighted by Crippen LogP contribution is -1.87. The van der Waals surface area contributed by atoms with Crippen LogP contribution in [0.3, 0.4) is 0 Å². The average Bonchev–Trinajstić information content (AvgIpc) is 2.49. The third kappa shape index (κ3) is 4.63. The molecule has 0 spiro atoms. The maximum absolute atomic E-state index is 13.4. The first-order valence-corrected chi connectivity index (χ1v) is 7.10. The van der Waals surface area contributed by atoms with E-state index in [9.17, 15) is 4.39 Å². The highest BCUT2D eigenvalue weighted by Crippen LogP contribution is 2.08. The normalized spacial score (nSPS) is 11.6. The summed E-state index contributed by atoms with van der Waals surface area (Å²) in [4.78, 5) is 0. The first-order chi connectivity index (χ1) is 10.2. The minimum atomic E-state index is -0.227. The fraction of sp³-hybridized carbons (Fsp3) is 0.222. The van der Waals surface area contributed by atoms with Crippen LogP contribution in [0.1, 0.15) is 35.6 Å². The Morgan fingerprint density at radius 1 is 0.952 bits per heavy atom. The predicted octanol–water partition coefficient (Wildman–Crippen LogP) is 4.54. The van der Waals surface area contributed by atoms with Gasteiger partial charge in [-0.3, -0.25) is 0 Å². The zero-order valence-electron chi connectivity index (χ0n) is 12.4. The second kappa shape index (κ2) is 7.48. The molecular weight excluding hydrogens is 263 g/mol. The van der Waals surface area contributed by atoms with Gasteiger partial charge < -0.3 is 0 Å². The van der Waals surface area contributed by atoms with Gasteiger partial charge in [0, 0.05) is 0 Å². The Labute approximate surface area is 125 Å². The summed E-state index contributed by atoms with van der Waals surface area (Å²) >= 11 is 0. The van der Waals surface area contributed by atoms with Crippen LogP contribution in [0.4, 0.5) is 4.39 Å². The third-order valence-corrected chi connectivity index (χ3v) is 3.19. The van der Waals surface area contributed by atoms with Crippen LogP contribution in [0.25, 0.3) is 0 Å². The maximum atomic E-state index is 13.4. The molecular formula is C18H19FN2. The molecule has 0 aliphatic rings. The minimum Gasteiger partial charge on any atom is -0.207 e. The summed E-state index contributed by atoms with van der Waals surface area (Å²) in [6.45, 7) is 3.90. The molecule has 0 saturated carbocycles. The van der Waals surface area contributed by atoms with Crippen LogP contribution in [-0.4, -0.2) is 12.4 Å². The van der Waals surface area contributed by atoms with Gasteiger partial charge in [-0.2, -0.15) is 10.2 Å². The molecule has 2 nitrogen and oxygen atoms in total. The van der Waals surface area contributed by atoms with Crippen LogP contribution in [0.15, 0.2) is 52.7 Å². The van der Waals surface area contributed by atoms with Gasteiger partial charge in [-0.1, -0.05) is 49.7 Å². The second-order valence-corrected chi connectivity index (χ2v) is 4.99. The molecule has 2 aromatic rings. The van der Waals surface area contributed by atoms with E-state index in [1.54, 1.807) is 25.4 Å². The summed E-state index contributed by atoms with van der Waals surface area (Å²) in [5.41, 5.74) is 3.66.